The Bertz CT molecular complexity index is 1340. The van der Waals surface area contributed by atoms with Crippen LogP contribution in [0.15, 0.2) is 91.0 Å². The summed E-state index contributed by atoms with van der Waals surface area (Å²) in [5.74, 6) is 0. The number of ether oxygens (including phenoxy) is 1. The van der Waals surface area contributed by atoms with E-state index >= 15 is 0 Å². The van der Waals surface area contributed by atoms with Gasteiger partial charge in [-0.1, -0.05) is 61.4 Å². The van der Waals surface area contributed by atoms with Crippen LogP contribution >= 0.6 is 0 Å². The summed E-state index contributed by atoms with van der Waals surface area (Å²) in [4.78, 5) is 2.34. The highest BCUT2D eigenvalue weighted by Gasteiger charge is 2.50. The van der Waals surface area contributed by atoms with Gasteiger partial charge in [-0.25, -0.2) is 0 Å². The normalized spacial score (nSPS) is 17.3. The first-order valence-corrected chi connectivity index (χ1v) is 13.3. The highest BCUT2D eigenvalue weighted by atomic mass is 16.5. The Morgan fingerprint density at radius 3 is 1.75 bits per heavy atom. The van der Waals surface area contributed by atoms with Crippen LogP contribution in [-0.4, -0.2) is 0 Å². The van der Waals surface area contributed by atoms with Crippen molar-refractivity contribution in [1.82, 2.24) is 0 Å². The van der Waals surface area contributed by atoms with Crippen molar-refractivity contribution in [2.75, 3.05) is 4.90 Å². The Balaban J connectivity index is 1.45. The average molecular weight is 474 g/mol. The van der Waals surface area contributed by atoms with Gasteiger partial charge in [0.1, 0.15) is 0 Å². The summed E-state index contributed by atoms with van der Waals surface area (Å²) in [6.45, 7) is 8.97. The summed E-state index contributed by atoms with van der Waals surface area (Å²) in [7, 11) is 0. The largest absolute Gasteiger partial charge is 0.360 e. The zero-order valence-electron chi connectivity index (χ0n) is 21.8. The molecule has 4 aromatic rings. The maximum atomic E-state index is 6.76. The zero-order valence-corrected chi connectivity index (χ0v) is 21.8. The van der Waals surface area contributed by atoms with Crippen molar-refractivity contribution in [2.45, 2.75) is 64.6 Å². The molecule has 1 saturated carbocycles. The predicted molar refractivity (Wildman–Crippen MR) is 150 cm³/mol. The maximum absolute atomic E-state index is 6.76. The second-order valence-electron chi connectivity index (χ2n) is 11.0. The van der Waals surface area contributed by atoms with Gasteiger partial charge in [0, 0.05) is 17.1 Å². The Morgan fingerprint density at radius 2 is 1.19 bits per heavy atom. The number of anilines is 3. The van der Waals surface area contributed by atoms with Gasteiger partial charge in [0.25, 0.3) is 0 Å². The van der Waals surface area contributed by atoms with Crippen LogP contribution in [-0.2, 0) is 15.9 Å². The van der Waals surface area contributed by atoms with Gasteiger partial charge >= 0.3 is 0 Å². The first kappa shape index (κ1) is 23.1. The molecule has 0 amide bonds. The minimum atomic E-state index is -0.255. The lowest BCUT2D eigenvalue weighted by atomic mass is 9.84. The fraction of sp³-hybridized carbons (Fsp3) is 0.294. The lowest BCUT2D eigenvalue weighted by molar-refractivity contribution is -0.122. The highest BCUT2D eigenvalue weighted by molar-refractivity contribution is 5.81. The molecule has 0 atom stereocenters. The van der Waals surface area contributed by atoms with E-state index in [1.54, 1.807) is 0 Å². The molecule has 36 heavy (non-hydrogen) atoms. The third-order valence-electron chi connectivity index (χ3n) is 8.11. The molecule has 0 unspecified atom stereocenters. The Labute approximate surface area is 215 Å². The van der Waals surface area contributed by atoms with E-state index in [9.17, 15) is 0 Å². The van der Waals surface area contributed by atoms with Crippen molar-refractivity contribution < 1.29 is 4.74 Å². The average Bonchev–Trinajstić information content (AvgIpc) is 3.42. The first-order chi connectivity index (χ1) is 17.4. The molecule has 0 radical (unpaired) electrons. The van der Waals surface area contributed by atoms with Crippen molar-refractivity contribution in [3.8, 4) is 11.1 Å². The van der Waals surface area contributed by atoms with Crippen LogP contribution in [0.3, 0.4) is 0 Å². The number of hydrogen-bond acceptors (Lipinski definition) is 2. The second-order valence-corrected chi connectivity index (χ2v) is 11.0. The number of rotatable bonds is 4. The first-order valence-electron chi connectivity index (χ1n) is 13.3. The van der Waals surface area contributed by atoms with Crippen molar-refractivity contribution in [3.05, 3.63) is 113 Å². The fourth-order valence-electron chi connectivity index (χ4n) is 6.64. The molecule has 6 rings (SSSR count). The van der Waals surface area contributed by atoms with Crippen molar-refractivity contribution in [3.63, 3.8) is 0 Å². The van der Waals surface area contributed by atoms with Crippen LogP contribution in [0.2, 0.25) is 0 Å². The predicted octanol–water partition coefficient (Wildman–Crippen LogP) is 9.47. The second kappa shape index (κ2) is 8.64. The molecular weight excluding hydrogens is 438 g/mol. The number of aryl methyl sites for hydroxylation is 2. The maximum Gasteiger partial charge on any atom is 0.0946 e. The van der Waals surface area contributed by atoms with Crippen LogP contribution in [0.1, 0.15) is 61.8 Å². The zero-order chi connectivity index (χ0) is 24.9. The van der Waals surface area contributed by atoms with E-state index in [-0.39, 0.29) is 11.2 Å². The molecule has 1 heterocycles. The summed E-state index contributed by atoms with van der Waals surface area (Å²) in [6.07, 6.45) is 4.81. The molecule has 0 bridgehead atoms. The number of para-hydroxylation sites is 2. The van der Waals surface area contributed by atoms with Crippen LogP contribution < -0.4 is 4.90 Å². The summed E-state index contributed by atoms with van der Waals surface area (Å²) < 4.78 is 6.76. The molecule has 182 valence electrons. The molecular formula is C34H35NO. The molecule has 1 spiro atoms. The number of hydrogen-bond donors (Lipinski definition) is 0. The van der Waals surface area contributed by atoms with Gasteiger partial charge in [-0.3, -0.25) is 0 Å². The van der Waals surface area contributed by atoms with Gasteiger partial charge in [-0.2, -0.15) is 0 Å². The van der Waals surface area contributed by atoms with Crippen LogP contribution in [0.5, 0.6) is 0 Å². The van der Waals surface area contributed by atoms with E-state index in [2.05, 4.69) is 124 Å². The lowest BCUT2D eigenvalue weighted by Gasteiger charge is -2.28. The van der Waals surface area contributed by atoms with Gasteiger partial charge in [0.05, 0.1) is 11.2 Å². The van der Waals surface area contributed by atoms with Crippen molar-refractivity contribution >= 4 is 17.1 Å². The SMILES string of the molecule is Cc1cc(N(c2ccccc2)c2ccccc2)cc(C)c1-c1ccc2c(c1)C(C)(C)OC21CCCC1. The van der Waals surface area contributed by atoms with Gasteiger partial charge in [0.15, 0.2) is 0 Å². The molecule has 1 aliphatic carbocycles. The van der Waals surface area contributed by atoms with Gasteiger partial charge in [-0.05, 0) is 116 Å². The summed E-state index contributed by atoms with van der Waals surface area (Å²) >= 11 is 0. The molecule has 2 heteroatoms. The summed E-state index contributed by atoms with van der Waals surface area (Å²) in [6, 6.07) is 33.0. The summed E-state index contributed by atoms with van der Waals surface area (Å²) in [5, 5.41) is 0. The molecule has 0 saturated heterocycles. The molecule has 0 aromatic heterocycles. The third kappa shape index (κ3) is 3.76. The highest BCUT2D eigenvalue weighted by Crippen LogP contribution is 2.55. The quantitative estimate of drug-likeness (QED) is 0.293. The van der Waals surface area contributed by atoms with E-state index in [4.69, 9.17) is 4.74 Å². The minimum Gasteiger partial charge on any atom is -0.360 e. The minimum absolute atomic E-state index is 0.0722. The molecule has 1 fully saturated rings. The molecule has 4 aromatic carbocycles. The number of benzene rings is 4. The molecule has 0 N–H and O–H groups in total. The van der Waals surface area contributed by atoms with Crippen molar-refractivity contribution in [2.24, 2.45) is 0 Å². The van der Waals surface area contributed by atoms with E-state index in [1.165, 1.54) is 51.9 Å². The molecule has 2 aliphatic rings. The van der Waals surface area contributed by atoms with Gasteiger partial charge < -0.3 is 9.64 Å². The fourth-order valence-corrected chi connectivity index (χ4v) is 6.64. The van der Waals surface area contributed by atoms with Gasteiger partial charge in [0.2, 0.25) is 0 Å². The van der Waals surface area contributed by atoms with Crippen LogP contribution in [0.4, 0.5) is 17.1 Å². The number of nitrogens with zero attached hydrogens (tertiary/aromatic N) is 1. The van der Waals surface area contributed by atoms with E-state index in [1.807, 2.05) is 0 Å². The summed E-state index contributed by atoms with van der Waals surface area (Å²) in [5.41, 5.74) is 11.1. The standard InChI is InChI=1S/C34H35NO/c1-24-21-29(35(27-13-7-5-8-14-27)28-15-9-6-10-16-28)22-25(2)32(24)26-17-18-30-31(23-26)33(3,4)36-34(30)19-11-12-20-34/h5-10,13-18,21-23H,11-12,19-20H2,1-4H3. The van der Waals surface area contributed by atoms with E-state index in [0.29, 0.717) is 0 Å². The van der Waals surface area contributed by atoms with Crippen LogP contribution in [0.25, 0.3) is 11.1 Å². The monoisotopic (exact) mass is 473 g/mol. The lowest BCUT2D eigenvalue weighted by Crippen LogP contribution is -2.25. The number of fused-ring (bicyclic) bond motifs is 2. The van der Waals surface area contributed by atoms with Crippen molar-refractivity contribution in [1.29, 1.82) is 0 Å². The van der Waals surface area contributed by atoms with Crippen LogP contribution in [0, 0.1) is 13.8 Å². The third-order valence-corrected chi connectivity index (χ3v) is 8.11. The molecule has 2 nitrogen and oxygen atoms in total. The Morgan fingerprint density at radius 1 is 0.639 bits per heavy atom. The Kier molecular flexibility index (Phi) is 5.53. The van der Waals surface area contributed by atoms with Gasteiger partial charge in [-0.15, -0.1) is 0 Å². The smallest absolute Gasteiger partial charge is 0.0946 e. The van der Waals surface area contributed by atoms with E-state index in [0.717, 1.165) is 24.2 Å². The Hall–Kier alpha value is -3.36. The molecule has 1 aliphatic heterocycles. The topological polar surface area (TPSA) is 12.5 Å². The van der Waals surface area contributed by atoms with E-state index < -0.39 is 0 Å².